The van der Waals surface area contributed by atoms with Crippen LogP contribution in [0.4, 0.5) is 5.69 Å². The summed E-state index contributed by atoms with van der Waals surface area (Å²) in [6.07, 6.45) is -1.24. The van der Waals surface area contributed by atoms with Crippen molar-refractivity contribution in [3.05, 3.63) is 33.4 Å². The molecule has 0 saturated carbocycles. The van der Waals surface area contributed by atoms with E-state index in [1.807, 2.05) is 0 Å². The Morgan fingerprint density at radius 1 is 1.62 bits per heavy atom. The van der Waals surface area contributed by atoms with Gasteiger partial charge in [-0.1, -0.05) is 16.7 Å². The zero-order chi connectivity index (χ0) is 12.1. The number of hydrogen-bond acceptors (Lipinski definition) is 5. The number of nitrogens with two attached hydrogens (primary N) is 1. The van der Waals surface area contributed by atoms with Crippen molar-refractivity contribution < 1.29 is 10.2 Å². The number of azide groups is 1. The van der Waals surface area contributed by atoms with Crippen LogP contribution in [0.3, 0.4) is 0 Å². The standard InChI is InChI=1S/C8H10ClN5O2/c9-7-1-5(10)4(2-12-7)8(16)6(15)3-13-14-11/h1-2,6,8,15-16H,3H2,(H2,10,12). The van der Waals surface area contributed by atoms with Crippen molar-refractivity contribution in [2.75, 3.05) is 12.3 Å². The van der Waals surface area contributed by atoms with Gasteiger partial charge >= 0.3 is 0 Å². The summed E-state index contributed by atoms with van der Waals surface area (Å²) in [5, 5.41) is 22.5. The fraction of sp³-hybridized carbons (Fsp3) is 0.375. The van der Waals surface area contributed by atoms with Crippen molar-refractivity contribution >= 4 is 17.3 Å². The highest BCUT2D eigenvalue weighted by molar-refractivity contribution is 6.29. The van der Waals surface area contributed by atoms with Crippen LogP contribution in [0.2, 0.25) is 5.15 Å². The van der Waals surface area contributed by atoms with Crippen molar-refractivity contribution in [2.24, 2.45) is 5.11 Å². The van der Waals surface area contributed by atoms with E-state index >= 15 is 0 Å². The van der Waals surface area contributed by atoms with Crippen LogP contribution in [-0.2, 0) is 0 Å². The Hall–Kier alpha value is -1.53. The molecule has 8 heteroatoms. The molecule has 0 bridgehead atoms. The molecule has 0 aliphatic rings. The lowest BCUT2D eigenvalue weighted by Crippen LogP contribution is -2.22. The molecule has 0 spiro atoms. The molecule has 86 valence electrons. The predicted molar refractivity (Wildman–Crippen MR) is 58.6 cm³/mol. The van der Waals surface area contributed by atoms with E-state index in [1.165, 1.54) is 12.3 Å². The Balaban J connectivity index is 2.86. The average Bonchev–Trinajstić information content (AvgIpc) is 2.25. The van der Waals surface area contributed by atoms with E-state index in [9.17, 15) is 10.2 Å². The molecule has 4 N–H and O–H groups in total. The third-order valence-corrected chi connectivity index (χ3v) is 2.16. The van der Waals surface area contributed by atoms with Gasteiger partial charge < -0.3 is 15.9 Å². The van der Waals surface area contributed by atoms with E-state index in [4.69, 9.17) is 22.9 Å². The second kappa shape index (κ2) is 5.53. The molecule has 0 fully saturated rings. The maximum atomic E-state index is 9.69. The third kappa shape index (κ3) is 2.98. The number of anilines is 1. The van der Waals surface area contributed by atoms with Gasteiger partial charge in [0.1, 0.15) is 11.3 Å². The van der Waals surface area contributed by atoms with Gasteiger partial charge in [0.2, 0.25) is 0 Å². The first-order valence-electron chi connectivity index (χ1n) is 4.34. The Labute approximate surface area is 96.1 Å². The van der Waals surface area contributed by atoms with Crippen molar-refractivity contribution in [1.29, 1.82) is 0 Å². The van der Waals surface area contributed by atoms with Crippen molar-refractivity contribution in [2.45, 2.75) is 12.2 Å². The molecule has 2 atom stereocenters. The summed E-state index contributed by atoms with van der Waals surface area (Å²) in [5.74, 6) is 0. The molecule has 0 aromatic carbocycles. The topological polar surface area (TPSA) is 128 Å². The Bertz CT molecular complexity index is 421. The molecular weight excluding hydrogens is 234 g/mol. The Kier molecular flexibility index (Phi) is 4.33. The molecule has 1 aromatic rings. The molecular formula is C8H10ClN5O2. The van der Waals surface area contributed by atoms with Crippen LogP contribution in [0.15, 0.2) is 17.4 Å². The number of nitrogen functional groups attached to an aromatic ring is 1. The summed E-state index contributed by atoms with van der Waals surface area (Å²) in [6, 6.07) is 1.36. The Morgan fingerprint density at radius 2 is 2.31 bits per heavy atom. The maximum Gasteiger partial charge on any atom is 0.131 e. The molecule has 1 aromatic heterocycles. The van der Waals surface area contributed by atoms with E-state index in [-0.39, 0.29) is 22.9 Å². The van der Waals surface area contributed by atoms with Crippen LogP contribution in [0.1, 0.15) is 11.7 Å². The summed E-state index contributed by atoms with van der Waals surface area (Å²) in [6.45, 7) is -0.250. The van der Waals surface area contributed by atoms with Crippen LogP contribution in [0.5, 0.6) is 0 Å². The highest BCUT2D eigenvalue weighted by atomic mass is 35.5. The van der Waals surface area contributed by atoms with Crippen LogP contribution >= 0.6 is 11.6 Å². The van der Waals surface area contributed by atoms with Gasteiger partial charge in [-0.15, -0.1) is 0 Å². The quantitative estimate of drug-likeness (QED) is 0.316. The molecule has 0 aliphatic carbocycles. The summed E-state index contributed by atoms with van der Waals surface area (Å²) >= 11 is 5.58. The van der Waals surface area contributed by atoms with E-state index in [1.54, 1.807) is 0 Å². The van der Waals surface area contributed by atoms with Gasteiger partial charge in [0.15, 0.2) is 0 Å². The van der Waals surface area contributed by atoms with Crippen LogP contribution in [-0.4, -0.2) is 27.8 Å². The number of nitrogens with zero attached hydrogens (tertiary/aromatic N) is 4. The lowest BCUT2D eigenvalue weighted by atomic mass is 10.1. The number of rotatable bonds is 4. The number of halogens is 1. The zero-order valence-electron chi connectivity index (χ0n) is 8.16. The van der Waals surface area contributed by atoms with Crippen LogP contribution in [0, 0.1) is 0 Å². The summed E-state index contributed by atoms with van der Waals surface area (Å²) in [5.41, 5.74) is 14.1. The van der Waals surface area contributed by atoms with E-state index < -0.39 is 12.2 Å². The van der Waals surface area contributed by atoms with Gasteiger partial charge in [-0.3, -0.25) is 0 Å². The molecule has 0 aliphatic heterocycles. The third-order valence-electron chi connectivity index (χ3n) is 1.95. The van der Waals surface area contributed by atoms with E-state index in [0.717, 1.165) is 0 Å². The Morgan fingerprint density at radius 3 is 2.88 bits per heavy atom. The second-order valence-electron chi connectivity index (χ2n) is 3.06. The molecule has 16 heavy (non-hydrogen) atoms. The van der Waals surface area contributed by atoms with Gasteiger partial charge in [0.25, 0.3) is 0 Å². The van der Waals surface area contributed by atoms with Gasteiger partial charge in [0, 0.05) is 22.4 Å². The minimum Gasteiger partial charge on any atom is -0.398 e. The van der Waals surface area contributed by atoms with Gasteiger partial charge in [0.05, 0.1) is 12.6 Å². The zero-order valence-corrected chi connectivity index (χ0v) is 8.91. The molecule has 0 saturated heterocycles. The van der Waals surface area contributed by atoms with Crippen molar-refractivity contribution in [3.63, 3.8) is 0 Å². The normalized spacial score (nSPS) is 13.9. The smallest absolute Gasteiger partial charge is 0.131 e. The number of aromatic nitrogens is 1. The highest BCUT2D eigenvalue weighted by Crippen LogP contribution is 2.24. The second-order valence-corrected chi connectivity index (χ2v) is 3.45. The lowest BCUT2D eigenvalue weighted by Gasteiger charge is -2.17. The largest absolute Gasteiger partial charge is 0.398 e. The minimum absolute atomic E-state index is 0.193. The van der Waals surface area contributed by atoms with E-state index in [2.05, 4.69) is 15.0 Å². The van der Waals surface area contributed by atoms with Gasteiger partial charge in [-0.25, -0.2) is 4.98 Å². The van der Waals surface area contributed by atoms with Crippen LogP contribution < -0.4 is 5.73 Å². The number of hydrogen-bond donors (Lipinski definition) is 3. The minimum atomic E-state index is -1.27. The summed E-state index contributed by atoms with van der Waals surface area (Å²) < 4.78 is 0. The maximum absolute atomic E-state index is 9.69. The molecule has 0 radical (unpaired) electrons. The number of aliphatic hydroxyl groups excluding tert-OH is 2. The lowest BCUT2D eigenvalue weighted by molar-refractivity contribution is 0.0246. The fourth-order valence-electron chi connectivity index (χ4n) is 1.13. The summed E-state index contributed by atoms with van der Waals surface area (Å²) in [4.78, 5) is 6.21. The number of aliphatic hydroxyl groups is 2. The fourth-order valence-corrected chi connectivity index (χ4v) is 1.30. The summed E-state index contributed by atoms with van der Waals surface area (Å²) in [7, 11) is 0. The number of pyridine rings is 1. The molecule has 0 amide bonds. The van der Waals surface area contributed by atoms with Crippen LogP contribution in [0.25, 0.3) is 10.4 Å². The molecule has 1 heterocycles. The molecule has 2 unspecified atom stereocenters. The van der Waals surface area contributed by atoms with Gasteiger partial charge in [-0.2, -0.15) is 0 Å². The van der Waals surface area contributed by atoms with Crippen molar-refractivity contribution in [3.8, 4) is 0 Å². The monoisotopic (exact) mass is 243 g/mol. The highest BCUT2D eigenvalue weighted by Gasteiger charge is 2.20. The SMILES string of the molecule is [N-]=[N+]=NCC(O)C(O)c1cnc(Cl)cc1N. The van der Waals surface area contributed by atoms with Gasteiger partial charge in [-0.05, 0) is 11.6 Å². The van der Waals surface area contributed by atoms with E-state index in [0.29, 0.717) is 0 Å². The molecule has 7 nitrogen and oxygen atoms in total. The van der Waals surface area contributed by atoms with Crippen molar-refractivity contribution in [1.82, 2.24) is 4.98 Å². The molecule has 1 rings (SSSR count). The first-order valence-corrected chi connectivity index (χ1v) is 4.72. The first-order chi connectivity index (χ1) is 7.56. The predicted octanol–water partition coefficient (Wildman–Crippen LogP) is 1.02. The average molecular weight is 244 g/mol. The first kappa shape index (κ1) is 12.5.